The van der Waals surface area contributed by atoms with Crippen molar-refractivity contribution in [1.29, 1.82) is 0 Å². The lowest BCUT2D eigenvalue weighted by Crippen LogP contribution is -2.28. The number of benzene rings is 2. The minimum Gasteiger partial charge on any atom is -0.493 e. The summed E-state index contributed by atoms with van der Waals surface area (Å²) in [6, 6.07) is 14.3. The number of halogens is 1. The van der Waals surface area contributed by atoms with Crippen LogP contribution in [0.4, 0.5) is 4.39 Å². The number of amides is 1. The summed E-state index contributed by atoms with van der Waals surface area (Å²) in [4.78, 5) is 12.2. The van der Waals surface area contributed by atoms with Gasteiger partial charge in [-0.2, -0.15) is 0 Å². The molecule has 0 aliphatic carbocycles. The second-order valence-corrected chi connectivity index (χ2v) is 5.94. The van der Waals surface area contributed by atoms with Gasteiger partial charge in [0.25, 0.3) is 5.91 Å². The molecule has 8 heteroatoms. The number of methoxy groups -OCH3 is 2. The van der Waals surface area contributed by atoms with Gasteiger partial charge in [-0.25, -0.2) is 4.39 Å². The summed E-state index contributed by atoms with van der Waals surface area (Å²) in [5, 5.41) is 10.8. The maximum atomic E-state index is 13.0. The Morgan fingerprint density at radius 2 is 1.72 bits per heavy atom. The molecule has 0 saturated heterocycles. The van der Waals surface area contributed by atoms with E-state index in [1.54, 1.807) is 42.5 Å². The highest BCUT2D eigenvalue weighted by Gasteiger charge is 2.10. The van der Waals surface area contributed by atoms with Crippen molar-refractivity contribution in [2.24, 2.45) is 0 Å². The zero-order chi connectivity index (χ0) is 20.6. The summed E-state index contributed by atoms with van der Waals surface area (Å²) >= 11 is 0. The molecule has 0 aliphatic heterocycles. The molecule has 0 aliphatic rings. The van der Waals surface area contributed by atoms with E-state index in [2.05, 4.69) is 15.5 Å². The quantitative estimate of drug-likeness (QED) is 0.588. The van der Waals surface area contributed by atoms with Crippen LogP contribution in [0.25, 0.3) is 11.3 Å². The van der Waals surface area contributed by atoms with E-state index in [4.69, 9.17) is 14.2 Å². The van der Waals surface area contributed by atoms with Gasteiger partial charge in [0.1, 0.15) is 12.4 Å². The summed E-state index contributed by atoms with van der Waals surface area (Å²) in [5.74, 6) is 0.795. The first-order chi connectivity index (χ1) is 14.1. The Morgan fingerprint density at radius 3 is 2.38 bits per heavy atom. The average Bonchev–Trinajstić information content (AvgIpc) is 2.77. The third-order valence-electron chi connectivity index (χ3n) is 4.06. The molecule has 150 valence electrons. The Bertz CT molecular complexity index is 963. The van der Waals surface area contributed by atoms with E-state index in [0.29, 0.717) is 28.6 Å². The van der Waals surface area contributed by atoms with Crippen LogP contribution < -0.4 is 19.5 Å². The van der Waals surface area contributed by atoms with E-state index in [9.17, 15) is 9.18 Å². The lowest BCUT2D eigenvalue weighted by molar-refractivity contribution is 0.0946. The number of rotatable bonds is 8. The molecular formula is C21H20FN3O4. The van der Waals surface area contributed by atoms with Gasteiger partial charge in [0.15, 0.2) is 11.5 Å². The molecule has 3 rings (SSSR count). The summed E-state index contributed by atoms with van der Waals surface area (Å²) < 4.78 is 28.8. The molecule has 1 N–H and O–H groups in total. The molecule has 0 fully saturated rings. The Balaban J connectivity index is 1.49. The number of nitrogens with one attached hydrogen (secondary N) is 1. The van der Waals surface area contributed by atoms with Gasteiger partial charge in [0.05, 0.1) is 26.5 Å². The molecule has 0 unspecified atom stereocenters. The van der Waals surface area contributed by atoms with Gasteiger partial charge in [-0.1, -0.05) is 0 Å². The molecule has 2 aromatic carbocycles. The third-order valence-corrected chi connectivity index (χ3v) is 4.06. The van der Waals surface area contributed by atoms with E-state index >= 15 is 0 Å². The first-order valence-corrected chi connectivity index (χ1v) is 8.83. The first-order valence-electron chi connectivity index (χ1n) is 8.83. The predicted molar refractivity (Wildman–Crippen MR) is 105 cm³/mol. The lowest BCUT2D eigenvalue weighted by Gasteiger charge is -2.10. The first kappa shape index (κ1) is 20.1. The van der Waals surface area contributed by atoms with Crippen molar-refractivity contribution in [3.05, 3.63) is 66.0 Å². The van der Waals surface area contributed by atoms with Crippen LogP contribution in [0.2, 0.25) is 0 Å². The Kier molecular flexibility index (Phi) is 6.57. The van der Waals surface area contributed by atoms with Crippen LogP contribution in [0.5, 0.6) is 17.4 Å². The van der Waals surface area contributed by atoms with Crippen LogP contribution in [-0.2, 0) is 0 Å². The minimum absolute atomic E-state index is 0.226. The van der Waals surface area contributed by atoms with Crippen LogP contribution >= 0.6 is 0 Å². The van der Waals surface area contributed by atoms with Gasteiger partial charge in [-0.15, -0.1) is 10.2 Å². The monoisotopic (exact) mass is 397 g/mol. The fraction of sp³-hybridized carbons (Fsp3) is 0.190. The Morgan fingerprint density at radius 1 is 0.966 bits per heavy atom. The van der Waals surface area contributed by atoms with Crippen molar-refractivity contribution in [1.82, 2.24) is 15.5 Å². The van der Waals surface area contributed by atoms with E-state index < -0.39 is 0 Å². The number of aromatic nitrogens is 2. The van der Waals surface area contributed by atoms with Crippen molar-refractivity contribution in [2.75, 3.05) is 27.4 Å². The molecule has 0 radical (unpaired) electrons. The topological polar surface area (TPSA) is 82.6 Å². The Labute approximate surface area is 167 Å². The molecule has 1 aromatic heterocycles. The average molecular weight is 397 g/mol. The smallest absolute Gasteiger partial charge is 0.251 e. The summed E-state index contributed by atoms with van der Waals surface area (Å²) in [7, 11) is 3.04. The highest BCUT2D eigenvalue weighted by molar-refractivity contribution is 5.94. The normalized spacial score (nSPS) is 10.3. The number of hydrogen-bond donors (Lipinski definition) is 1. The van der Waals surface area contributed by atoms with Crippen LogP contribution in [0.15, 0.2) is 54.6 Å². The number of ether oxygens (including phenoxy) is 3. The Hall–Kier alpha value is -3.68. The van der Waals surface area contributed by atoms with Gasteiger partial charge in [-0.3, -0.25) is 4.79 Å². The standard InChI is InChI=1S/C21H20FN3O4/c1-27-18-9-5-15(13-19(18)28-2)21(26)23-11-12-29-20-10-8-17(24-25-20)14-3-6-16(22)7-4-14/h3-10,13H,11-12H2,1-2H3,(H,23,26). The molecule has 0 atom stereocenters. The maximum absolute atomic E-state index is 13.0. The molecule has 0 spiro atoms. The molecule has 1 amide bonds. The van der Waals surface area contributed by atoms with Gasteiger partial charge < -0.3 is 19.5 Å². The summed E-state index contributed by atoms with van der Waals surface area (Å²) in [6.07, 6.45) is 0. The summed E-state index contributed by atoms with van der Waals surface area (Å²) in [5.41, 5.74) is 1.82. The highest BCUT2D eigenvalue weighted by atomic mass is 19.1. The number of nitrogens with zero attached hydrogens (tertiary/aromatic N) is 2. The van der Waals surface area contributed by atoms with Gasteiger partial charge in [0, 0.05) is 17.2 Å². The van der Waals surface area contributed by atoms with E-state index in [0.717, 1.165) is 5.56 Å². The molecule has 3 aromatic rings. The van der Waals surface area contributed by atoms with Gasteiger partial charge in [0.2, 0.25) is 5.88 Å². The van der Waals surface area contributed by atoms with E-state index in [1.807, 2.05) is 0 Å². The SMILES string of the molecule is COc1ccc(C(=O)NCCOc2ccc(-c3ccc(F)cc3)nn2)cc1OC. The summed E-state index contributed by atoms with van der Waals surface area (Å²) in [6.45, 7) is 0.512. The predicted octanol–water partition coefficient (Wildman–Crippen LogP) is 3.11. The van der Waals surface area contributed by atoms with Crippen molar-refractivity contribution in [3.63, 3.8) is 0 Å². The lowest BCUT2D eigenvalue weighted by atomic mass is 10.1. The largest absolute Gasteiger partial charge is 0.493 e. The molecular weight excluding hydrogens is 377 g/mol. The second-order valence-electron chi connectivity index (χ2n) is 5.94. The number of carbonyl (C=O) groups is 1. The van der Waals surface area contributed by atoms with Crippen LogP contribution in [0, 0.1) is 5.82 Å². The van der Waals surface area contributed by atoms with Crippen LogP contribution in [0.1, 0.15) is 10.4 Å². The molecule has 29 heavy (non-hydrogen) atoms. The molecule has 7 nitrogen and oxygen atoms in total. The molecule has 0 saturated carbocycles. The van der Waals surface area contributed by atoms with Crippen molar-refractivity contribution in [2.45, 2.75) is 0 Å². The minimum atomic E-state index is -0.309. The van der Waals surface area contributed by atoms with Crippen molar-refractivity contribution >= 4 is 5.91 Å². The maximum Gasteiger partial charge on any atom is 0.251 e. The number of hydrogen-bond acceptors (Lipinski definition) is 6. The van der Waals surface area contributed by atoms with Gasteiger partial charge >= 0.3 is 0 Å². The third kappa shape index (κ3) is 5.19. The van der Waals surface area contributed by atoms with Crippen LogP contribution in [-0.4, -0.2) is 43.5 Å². The van der Waals surface area contributed by atoms with Crippen LogP contribution in [0.3, 0.4) is 0 Å². The van der Waals surface area contributed by atoms with E-state index in [-0.39, 0.29) is 24.9 Å². The van der Waals surface area contributed by atoms with E-state index in [1.165, 1.54) is 26.4 Å². The molecule has 0 bridgehead atoms. The fourth-order valence-electron chi connectivity index (χ4n) is 2.57. The van der Waals surface area contributed by atoms with Crippen molar-refractivity contribution in [3.8, 4) is 28.6 Å². The number of carbonyl (C=O) groups excluding carboxylic acids is 1. The molecule has 1 heterocycles. The highest BCUT2D eigenvalue weighted by Crippen LogP contribution is 2.27. The van der Waals surface area contributed by atoms with Crippen molar-refractivity contribution < 1.29 is 23.4 Å². The van der Waals surface area contributed by atoms with Gasteiger partial charge in [-0.05, 0) is 48.5 Å². The second kappa shape index (κ2) is 9.50. The zero-order valence-electron chi connectivity index (χ0n) is 16.0. The fourth-order valence-corrected chi connectivity index (χ4v) is 2.57. The zero-order valence-corrected chi connectivity index (χ0v) is 16.0.